The molecule has 2 heterocycles. The van der Waals surface area contributed by atoms with Crippen molar-refractivity contribution in [3.05, 3.63) is 57.3 Å². The van der Waals surface area contributed by atoms with Crippen molar-refractivity contribution in [1.29, 1.82) is 0 Å². The quantitative estimate of drug-likeness (QED) is 0.714. The molecule has 0 bridgehead atoms. The number of carbonyl (C=O) groups is 1. The van der Waals surface area contributed by atoms with E-state index in [0.29, 0.717) is 18.8 Å². The highest BCUT2D eigenvalue weighted by Gasteiger charge is 2.17. The van der Waals surface area contributed by atoms with Gasteiger partial charge < -0.3 is 9.88 Å². The van der Waals surface area contributed by atoms with Crippen LogP contribution in [0.4, 0.5) is 4.39 Å². The maximum absolute atomic E-state index is 13.1. The van der Waals surface area contributed by atoms with Crippen LogP contribution in [-0.2, 0) is 6.54 Å². The molecule has 0 aliphatic heterocycles. The Labute approximate surface area is 139 Å². The zero-order chi connectivity index (χ0) is 15.7. The van der Waals surface area contributed by atoms with Gasteiger partial charge in [-0.05, 0) is 52.7 Å². The van der Waals surface area contributed by atoms with Gasteiger partial charge in [-0.2, -0.15) is 0 Å². The molecule has 3 nitrogen and oxygen atoms in total. The zero-order valence-electron chi connectivity index (χ0n) is 11.9. The number of aromatic nitrogens is 1. The van der Waals surface area contributed by atoms with Crippen molar-refractivity contribution in [3.63, 3.8) is 0 Å². The van der Waals surface area contributed by atoms with E-state index in [1.807, 2.05) is 23.6 Å². The molecule has 6 heteroatoms. The lowest BCUT2D eigenvalue weighted by atomic mass is 10.2. The fourth-order valence-corrected chi connectivity index (χ4v) is 3.96. The summed E-state index contributed by atoms with van der Waals surface area (Å²) in [6.45, 7) is 3.00. The van der Waals surface area contributed by atoms with E-state index in [0.717, 1.165) is 19.6 Å². The summed E-state index contributed by atoms with van der Waals surface area (Å²) in [7, 11) is 0. The summed E-state index contributed by atoms with van der Waals surface area (Å²) in [6.07, 6.45) is 0. The Kier molecular flexibility index (Phi) is 4.31. The van der Waals surface area contributed by atoms with Crippen LogP contribution >= 0.6 is 27.3 Å². The fraction of sp³-hybridized carbons (Fsp3) is 0.188. The van der Waals surface area contributed by atoms with Crippen LogP contribution < -0.4 is 5.32 Å². The van der Waals surface area contributed by atoms with Gasteiger partial charge in [0.05, 0.1) is 14.0 Å². The van der Waals surface area contributed by atoms with Gasteiger partial charge in [0.2, 0.25) is 0 Å². The second kappa shape index (κ2) is 6.22. The number of hydrogen-bond acceptors (Lipinski definition) is 2. The highest BCUT2D eigenvalue weighted by molar-refractivity contribution is 9.11. The molecule has 0 unspecified atom stereocenters. The topological polar surface area (TPSA) is 34.0 Å². The molecule has 0 saturated heterocycles. The number of nitrogens with one attached hydrogen (secondary N) is 1. The number of benzene rings is 1. The van der Waals surface area contributed by atoms with Crippen LogP contribution in [0, 0.1) is 5.82 Å². The van der Waals surface area contributed by atoms with Crippen LogP contribution in [0.3, 0.4) is 0 Å². The van der Waals surface area contributed by atoms with E-state index < -0.39 is 0 Å². The molecule has 114 valence electrons. The van der Waals surface area contributed by atoms with Crippen molar-refractivity contribution < 1.29 is 9.18 Å². The van der Waals surface area contributed by atoms with Gasteiger partial charge in [0.1, 0.15) is 11.5 Å². The molecule has 1 N–H and O–H groups in total. The van der Waals surface area contributed by atoms with Crippen LogP contribution in [0.15, 0.2) is 40.2 Å². The third kappa shape index (κ3) is 2.94. The second-order valence-corrected chi connectivity index (χ2v) is 7.36. The van der Waals surface area contributed by atoms with E-state index in [2.05, 4.69) is 21.2 Å². The molecule has 0 spiro atoms. The number of rotatable bonds is 4. The first-order valence-corrected chi connectivity index (χ1v) is 8.50. The molecular formula is C16H14BrFN2OS. The molecule has 1 amide bonds. The summed E-state index contributed by atoms with van der Waals surface area (Å²) in [5, 5.41) is 2.84. The lowest BCUT2D eigenvalue weighted by Crippen LogP contribution is -2.25. The number of halogens is 2. The minimum absolute atomic E-state index is 0.0934. The smallest absolute Gasteiger partial charge is 0.267 e. The predicted molar refractivity (Wildman–Crippen MR) is 91.0 cm³/mol. The second-order valence-electron chi connectivity index (χ2n) is 4.90. The third-order valence-corrected chi connectivity index (χ3v) is 4.96. The van der Waals surface area contributed by atoms with Crippen LogP contribution in [-0.4, -0.2) is 17.0 Å². The number of fused-ring (bicyclic) bond motifs is 1. The first-order chi connectivity index (χ1) is 10.6. The Morgan fingerprint density at radius 1 is 1.32 bits per heavy atom. The highest BCUT2D eigenvalue weighted by Crippen LogP contribution is 2.33. The predicted octanol–water partition coefficient (Wildman–Crippen LogP) is 4.40. The summed E-state index contributed by atoms with van der Waals surface area (Å²) in [6, 6.07) is 10.3. The van der Waals surface area contributed by atoms with Crippen molar-refractivity contribution in [1.82, 2.24) is 9.88 Å². The molecule has 22 heavy (non-hydrogen) atoms. The van der Waals surface area contributed by atoms with Gasteiger partial charge in [0.25, 0.3) is 5.91 Å². The first kappa shape index (κ1) is 15.2. The van der Waals surface area contributed by atoms with Crippen LogP contribution in [0.5, 0.6) is 0 Å². The molecule has 0 radical (unpaired) electrons. The average Bonchev–Trinajstić information content (AvgIpc) is 2.99. The monoisotopic (exact) mass is 380 g/mol. The molecule has 3 rings (SSSR count). The number of thiophene rings is 1. The van der Waals surface area contributed by atoms with Crippen molar-refractivity contribution in [2.24, 2.45) is 0 Å². The number of nitrogens with zero attached hydrogens (tertiary/aromatic N) is 1. The molecule has 3 aromatic rings. The van der Waals surface area contributed by atoms with Crippen molar-refractivity contribution in [3.8, 4) is 0 Å². The van der Waals surface area contributed by atoms with E-state index in [-0.39, 0.29) is 11.7 Å². The van der Waals surface area contributed by atoms with E-state index in [1.165, 1.54) is 12.1 Å². The van der Waals surface area contributed by atoms with Gasteiger partial charge in [-0.25, -0.2) is 4.39 Å². The maximum atomic E-state index is 13.1. The molecule has 0 saturated carbocycles. The third-order valence-electron chi connectivity index (χ3n) is 3.38. The Morgan fingerprint density at radius 3 is 2.73 bits per heavy atom. The van der Waals surface area contributed by atoms with Crippen LogP contribution in [0.1, 0.15) is 23.0 Å². The Hall–Kier alpha value is -1.66. The van der Waals surface area contributed by atoms with Crippen LogP contribution in [0.2, 0.25) is 0 Å². The molecular weight excluding hydrogens is 367 g/mol. The maximum Gasteiger partial charge on any atom is 0.267 e. The minimum atomic E-state index is -0.261. The van der Waals surface area contributed by atoms with Gasteiger partial charge in [-0.15, -0.1) is 11.3 Å². The van der Waals surface area contributed by atoms with Gasteiger partial charge in [-0.1, -0.05) is 12.1 Å². The molecule has 1 aromatic carbocycles. The average molecular weight is 381 g/mol. The van der Waals surface area contributed by atoms with Crippen molar-refractivity contribution >= 4 is 43.4 Å². The Bertz CT molecular complexity index is 823. The molecule has 0 aliphatic rings. The normalized spacial score (nSPS) is 11.0. The summed E-state index contributed by atoms with van der Waals surface area (Å²) in [5.74, 6) is -0.354. The molecule has 0 aliphatic carbocycles. The van der Waals surface area contributed by atoms with Gasteiger partial charge in [-0.3, -0.25) is 4.79 Å². The van der Waals surface area contributed by atoms with Gasteiger partial charge >= 0.3 is 0 Å². The van der Waals surface area contributed by atoms with Crippen molar-refractivity contribution in [2.45, 2.75) is 13.5 Å². The lowest BCUT2D eigenvalue weighted by Gasteiger charge is -2.10. The highest BCUT2D eigenvalue weighted by atomic mass is 79.9. The summed E-state index contributed by atoms with van der Waals surface area (Å²) >= 11 is 5.07. The van der Waals surface area contributed by atoms with E-state index in [9.17, 15) is 9.18 Å². The SMILES string of the molecule is CCNC(=O)c1cc2sc(Br)cc2n1Cc1ccc(F)cc1. The van der Waals surface area contributed by atoms with E-state index >= 15 is 0 Å². The van der Waals surface area contributed by atoms with Gasteiger partial charge in [0, 0.05) is 13.1 Å². The number of carbonyl (C=O) groups excluding carboxylic acids is 1. The lowest BCUT2D eigenvalue weighted by molar-refractivity contribution is 0.0947. The largest absolute Gasteiger partial charge is 0.351 e. The number of amides is 1. The Morgan fingerprint density at radius 2 is 2.05 bits per heavy atom. The van der Waals surface area contributed by atoms with Crippen LogP contribution in [0.25, 0.3) is 10.2 Å². The minimum Gasteiger partial charge on any atom is -0.351 e. The number of hydrogen-bond donors (Lipinski definition) is 1. The zero-order valence-corrected chi connectivity index (χ0v) is 14.3. The standard InChI is InChI=1S/C16H14BrFN2OS/c1-2-19-16(21)13-7-14-12(8-15(17)22-14)20(13)9-10-3-5-11(18)6-4-10/h3-8H,2,9H2,1H3,(H,19,21). The Balaban J connectivity index is 2.05. The van der Waals surface area contributed by atoms with E-state index in [1.54, 1.807) is 23.5 Å². The van der Waals surface area contributed by atoms with E-state index in [4.69, 9.17) is 0 Å². The van der Waals surface area contributed by atoms with Crippen molar-refractivity contribution in [2.75, 3.05) is 6.54 Å². The van der Waals surface area contributed by atoms with Gasteiger partial charge in [0.15, 0.2) is 0 Å². The fourth-order valence-electron chi connectivity index (χ4n) is 2.39. The summed E-state index contributed by atoms with van der Waals surface area (Å²) in [4.78, 5) is 12.3. The first-order valence-electron chi connectivity index (χ1n) is 6.89. The summed E-state index contributed by atoms with van der Waals surface area (Å²) < 4.78 is 17.1. The molecule has 2 aromatic heterocycles. The molecule has 0 fully saturated rings. The molecule has 0 atom stereocenters. The summed E-state index contributed by atoms with van der Waals surface area (Å²) in [5.41, 5.74) is 2.58.